The van der Waals surface area contributed by atoms with Crippen molar-refractivity contribution in [2.75, 3.05) is 25.0 Å². The number of aryl methyl sites for hydroxylation is 1. The van der Waals surface area contributed by atoms with Crippen LogP contribution in [0.1, 0.15) is 35.7 Å². The zero-order chi connectivity index (χ0) is 22.9. The number of carbonyl (C=O) groups is 3. The fourth-order valence-corrected chi connectivity index (χ4v) is 3.51. The van der Waals surface area contributed by atoms with Gasteiger partial charge in [-0.2, -0.15) is 0 Å². The summed E-state index contributed by atoms with van der Waals surface area (Å²) in [6, 6.07) is 20.9. The topological polar surface area (TPSA) is 78.5 Å². The van der Waals surface area contributed by atoms with Crippen LogP contribution in [0.3, 0.4) is 0 Å². The highest BCUT2D eigenvalue weighted by Gasteiger charge is 2.17. The molecule has 0 fully saturated rings. The third-order valence-corrected chi connectivity index (χ3v) is 5.24. The summed E-state index contributed by atoms with van der Waals surface area (Å²) >= 11 is 0. The van der Waals surface area contributed by atoms with Gasteiger partial charge in [0.05, 0.1) is 6.54 Å². The predicted molar refractivity (Wildman–Crippen MR) is 128 cm³/mol. The minimum absolute atomic E-state index is 0.0143. The lowest BCUT2D eigenvalue weighted by molar-refractivity contribution is -0.134. The zero-order valence-corrected chi connectivity index (χ0v) is 18.6. The SMILES string of the molecule is CCCN(CC(=O)Nc1ccccc1C)C(=O)CCNC(=O)c1ccc2ccccc2c1. The number of hydrogen-bond acceptors (Lipinski definition) is 3. The Hall–Kier alpha value is -3.67. The van der Waals surface area contributed by atoms with E-state index in [1.807, 2.05) is 74.5 Å². The van der Waals surface area contributed by atoms with Crippen molar-refractivity contribution in [3.63, 3.8) is 0 Å². The summed E-state index contributed by atoms with van der Waals surface area (Å²) < 4.78 is 0. The van der Waals surface area contributed by atoms with Crippen LogP contribution in [0.25, 0.3) is 10.8 Å². The molecule has 0 spiro atoms. The molecule has 0 aliphatic carbocycles. The minimum atomic E-state index is -0.235. The molecule has 2 N–H and O–H groups in total. The average Bonchev–Trinajstić information content (AvgIpc) is 2.79. The molecule has 3 aromatic rings. The van der Waals surface area contributed by atoms with E-state index < -0.39 is 0 Å². The average molecular weight is 432 g/mol. The van der Waals surface area contributed by atoms with Crippen LogP contribution in [0.2, 0.25) is 0 Å². The van der Waals surface area contributed by atoms with Gasteiger partial charge in [-0.3, -0.25) is 14.4 Å². The summed E-state index contributed by atoms with van der Waals surface area (Å²) in [5.74, 6) is -0.616. The first-order valence-electron chi connectivity index (χ1n) is 10.9. The van der Waals surface area contributed by atoms with Crippen molar-refractivity contribution in [3.8, 4) is 0 Å². The smallest absolute Gasteiger partial charge is 0.251 e. The van der Waals surface area contributed by atoms with Gasteiger partial charge in [-0.05, 0) is 47.9 Å². The third kappa shape index (κ3) is 6.17. The number of para-hydroxylation sites is 1. The number of hydrogen-bond donors (Lipinski definition) is 2. The Morgan fingerprint density at radius 1 is 0.906 bits per heavy atom. The van der Waals surface area contributed by atoms with Crippen LogP contribution < -0.4 is 10.6 Å². The number of anilines is 1. The maximum atomic E-state index is 12.7. The second-order valence-electron chi connectivity index (χ2n) is 7.75. The summed E-state index contributed by atoms with van der Waals surface area (Å²) in [6.45, 7) is 4.56. The normalized spacial score (nSPS) is 10.6. The summed E-state index contributed by atoms with van der Waals surface area (Å²) in [6.07, 6.45) is 0.879. The van der Waals surface area contributed by atoms with Crippen molar-refractivity contribution in [1.29, 1.82) is 0 Å². The standard InChI is InChI=1S/C26H29N3O3/c1-3-16-29(18-24(30)28-23-11-7-4-8-19(23)2)25(31)14-15-27-26(32)22-13-12-20-9-5-6-10-21(20)17-22/h4-13,17H,3,14-16,18H2,1-2H3,(H,27,32)(H,28,30). The molecule has 166 valence electrons. The molecule has 0 atom stereocenters. The molecule has 3 rings (SSSR count). The van der Waals surface area contributed by atoms with E-state index in [4.69, 9.17) is 0 Å². The van der Waals surface area contributed by atoms with Gasteiger partial charge in [0.2, 0.25) is 11.8 Å². The molecule has 32 heavy (non-hydrogen) atoms. The first-order chi connectivity index (χ1) is 15.5. The van der Waals surface area contributed by atoms with Crippen LogP contribution in [0.4, 0.5) is 5.69 Å². The molecule has 0 aromatic heterocycles. The lowest BCUT2D eigenvalue weighted by atomic mass is 10.1. The molecular formula is C26H29N3O3. The van der Waals surface area contributed by atoms with Gasteiger partial charge in [0.25, 0.3) is 5.91 Å². The molecule has 3 amide bonds. The lowest BCUT2D eigenvalue weighted by Gasteiger charge is -2.22. The van der Waals surface area contributed by atoms with E-state index in [9.17, 15) is 14.4 Å². The van der Waals surface area contributed by atoms with E-state index in [-0.39, 0.29) is 37.2 Å². The maximum Gasteiger partial charge on any atom is 0.251 e. The van der Waals surface area contributed by atoms with Gasteiger partial charge in [0.1, 0.15) is 0 Å². The maximum absolute atomic E-state index is 12.7. The Labute approximate surface area is 188 Å². The van der Waals surface area contributed by atoms with Gasteiger partial charge in [-0.1, -0.05) is 55.5 Å². The fraction of sp³-hybridized carbons (Fsp3) is 0.269. The van der Waals surface area contributed by atoms with Gasteiger partial charge in [0.15, 0.2) is 0 Å². The van der Waals surface area contributed by atoms with E-state index in [0.29, 0.717) is 12.1 Å². The van der Waals surface area contributed by atoms with Crippen molar-refractivity contribution < 1.29 is 14.4 Å². The summed E-state index contributed by atoms with van der Waals surface area (Å²) in [5, 5.41) is 7.73. The summed E-state index contributed by atoms with van der Waals surface area (Å²) in [7, 11) is 0. The Balaban J connectivity index is 1.52. The third-order valence-electron chi connectivity index (χ3n) is 5.24. The van der Waals surface area contributed by atoms with E-state index in [2.05, 4.69) is 10.6 Å². The molecule has 0 heterocycles. The number of fused-ring (bicyclic) bond motifs is 1. The van der Waals surface area contributed by atoms with Gasteiger partial charge in [-0.25, -0.2) is 0 Å². The van der Waals surface area contributed by atoms with Crippen molar-refractivity contribution >= 4 is 34.2 Å². The van der Waals surface area contributed by atoms with E-state index in [1.54, 1.807) is 6.07 Å². The van der Waals surface area contributed by atoms with Gasteiger partial charge in [0, 0.05) is 30.8 Å². The Kier molecular flexibility index (Phi) is 7.97. The molecule has 6 heteroatoms. The zero-order valence-electron chi connectivity index (χ0n) is 18.6. The Morgan fingerprint density at radius 2 is 1.62 bits per heavy atom. The molecule has 0 aliphatic heterocycles. The Bertz CT molecular complexity index is 1110. The van der Waals surface area contributed by atoms with E-state index >= 15 is 0 Å². The van der Waals surface area contributed by atoms with Crippen molar-refractivity contribution in [1.82, 2.24) is 10.2 Å². The number of benzene rings is 3. The number of nitrogens with zero attached hydrogens (tertiary/aromatic N) is 1. The van der Waals surface area contributed by atoms with Crippen LogP contribution in [0.15, 0.2) is 66.7 Å². The predicted octanol–water partition coefficient (Wildman–Crippen LogP) is 4.15. The number of rotatable bonds is 9. The number of nitrogens with one attached hydrogen (secondary N) is 2. The minimum Gasteiger partial charge on any atom is -0.352 e. The number of carbonyl (C=O) groups excluding carboxylic acids is 3. The van der Waals surface area contributed by atoms with Gasteiger partial charge < -0.3 is 15.5 Å². The highest BCUT2D eigenvalue weighted by Crippen LogP contribution is 2.16. The molecular weight excluding hydrogens is 402 g/mol. The van der Waals surface area contributed by atoms with Gasteiger partial charge >= 0.3 is 0 Å². The molecule has 3 aromatic carbocycles. The van der Waals surface area contributed by atoms with Crippen LogP contribution in [0.5, 0.6) is 0 Å². The molecule has 0 radical (unpaired) electrons. The highest BCUT2D eigenvalue weighted by molar-refractivity contribution is 5.99. The highest BCUT2D eigenvalue weighted by atomic mass is 16.2. The molecule has 0 saturated heterocycles. The van der Waals surface area contributed by atoms with Crippen LogP contribution >= 0.6 is 0 Å². The van der Waals surface area contributed by atoms with Gasteiger partial charge in [-0.15, -0.1) is 0 Å². The van der Waals surface area contributed by atoms with Crippen LogP contribution in [-0.4, -0.2) is 42.3 Å². The molecule has 6 nitrogen and oxygen atoms in total. The number of amides is 3. The van der Waals surface area contributed by atoms with E-state index in [1.165, 1.54) is 4.90 Å². The van der Waals surface area contributed by atoms with E-state index in [0.717, 1.165) is 28.4 Å². The van der Waals surface area contributed by atoms with Crippen molar-refractivity contribution in [3.05, 3.63) is 77.9 Å². The summed E-state index contributed by atoms with van der Waals surface area (Å²) in [4.78, 5) is 39.1. The monoisotopic (exact) mass is 431 g/mol. The lowest BCUT2D eigenvalue weighted by Crippen LogP contribution is -2.40. The Morgan fingerprint density at radius 3 is 2.38 bits per heavy atom. The molecule has 0 unspecified atom stereocenters. The molecule has 0 aliphatic rings. The largest absolute Gasteiger partial charge is 0.352 e. The first kappa shape index (κ1) is 23.0. The molecule has 0 saturated carbocycles. The fourth-order valence-electron chi connectivity index (χ4n) is 3.51. The van der Waals surface area contributed by atoms with Crippen molar-refractivity contribution in [2.24, 2.45) is 0 Å². The second kappa shape index (κ2) is 11.1. The second-order valence-corrected chi connectivity index (χ2v) is 7.75. The van der Waals surface area contributed by atoms with Crippen molar-refractivity contribution in [2.45, 2.75) is 26.7 Å². The van der Waals surface area contributed by atoms with Crippen LogP contribution in [0, 0.1) is 6.92 Å². The quantitative estimate of drug-likeness (QED) is 0.534. The molecule has 0 bridgehead atoms. The summed E-state index contributed by atoms with van der Waals surface area (Å²) in [5.41, 5.74) is 2.26. The van der Waals surface area contributed by atoms with Crippen LogP contribution in [-0.2, 0) is 9.59 Å². The first-order valence-corrected chi connectivity index (χ1v) is 10.9.